The van der Waals surface area contributed by atoms with Gasteiger partial charge in [0.25, 0.3) is 0 Å². The molecule has 98 valence electrons. The summed E-state index contributed by atoms with van der Waals surface area (Å²) in [7, 11) is 0. The van der Waals surface area contributed by atoms with E-state index in [9.17, 15) is 4.79 Å². The zero-order valence-electron chi connectivity index (χ0n) is 10.9. The van der Waals surface area contributed by atoms with Crippen molar-refractivity contribution in [3.8, 4) is 0 Å². The maximum Gasteiger partial charge on any atom is 0.238 e. The Morgan fingerprint density at radius 1 is 1.25 bits per heavy atom. The van der Waals surface area contributed by atoms with E-state index >= 15 is 0 Å². The van der Waals surface area contributed by atoms with E-state index in [2.05, 4.69) is 15.4 Å². The van der Waals surface area contributed by atoms with Crippen LogP contribution in [0.25, 0.3) is 5.52 Å². The fraction of sp³-hybridized carbons (Fsp3) is 0.133. The van der Waals surface area contributed by atoms with Crippen LogP contribution in [0, 0.1) is 6.92 Å². The highest BCUT2D eigenvalue weighted by molar-refractivity contribution is 6.05. The van der Waals surface area contributed by atoms with Gasteiger partial charge in [0.2, 0.25) is 5.91 Å². The number of nitrogens with zero attached hydrogens (tertiary/aromatic N) is 3. The largest absolute Gasteiger partial charge is 0.325 e. The number of anilines is 1. The van der Waals surface area contributed by atoms with Gasteiger partial charge in [0.15, 0.2) is 0 Å². The highest BCUT2D eigenvalue weighted by Gasteiger charge is 2.34. The minimum absolute atomic E-state index is 0.0348. The summed E-state index contributed by atoms with van der Waals surface area (Å²) in [5.74, 6) is -0.405. The lowest BCUT2D eigenvalue weighted by Gasteiger charge is -2.10. The summed E-state index contributed by atoms with van der Waals surface area (Å²) in [5.41, 5.74) is 4.56. The number of fused-ring (bicyclic) bond motifs is 2. The Morgan fingerprint density at radius 3 is 3.00 bits per heavy atom. The molecule has 1 amide bonds. The third-order valence-corrected chi connectivity index (χ3v) is 3.75. The smallest absolute Gasteiger partial charge is 0.238 e. The number of carbonyl (C=O) groups is 1. The number of nitrogens with one attached hydrogen (secondary N) is 1. The number of hydrogen-bond donors (Lipinski definition) is 1. The van der Waals surface area contributed by atoms with Gasteiger partial charge >= 0.3 is 0 Å². The third-order valence-electron chi connectivity index (χ3n) is 3.75. The first kappa shape index (κ1) is 11.2. The molecule has 0 fully saturated rings. The number of hydrogen-bond acceptors (Lipinski definition) is 3. The summed E-state index contributed by atoms with van der Waals surface area (Å²) in [4.78, 5) is 16.7. The topological polar surface area (TPSA) is 59.3 Å². The molecule has 5 heteroatoms. The second kappa shape index (κ2) is 3.90. The molecule has 0 spiro atoms. The molecule has 0 bridgehead atoms. The van der Waals surface area contributed by atoms with E-state index < -0.39 is 0 Å². The Hall–Kier alpha value is -2.69. The van der Waals surface area contributed by atoms with Gasteiger partial charge in [0.05, 0.1) is 11.2 Å². The first-order valence-corrected chi connectivity index (χ1v) is 6.44. The van der Waals surface area contributed by atoms with Crippen LogP contribution in [0.2, 0.25) is 0 Å². The highest BCUT2D eigenvalue weighted by atomic mass is 16.2. The summed E-state index contributed by atoms with van der Waals surface area (Å²) >= 11 is 0. The van der Waals surface area contributed by atoms with E-state index in [0.717, 1.165) is 28.0 Å². The Balaban J connectivity index is 2.00. The summed E-state index contributed by atoms with van der Waals surface area (Å²) < 4.78 is 1.77. The first-order valence-electron chi connectivity index (χ1n) is 6.44. The maximum atomic E-state index is 12.3. The normalized spacial score (nSPS) is 17.2. The number of rotatable bonds is 1. The molecule has 0 aliphatic carbocycles. The van der Waals surface area contributed by atoms with Gasteiger partial charge in [-0.15, -0.1) is 0 Å². The predicted molar refractivity (Wildman–Crippen MR) is 74.6 cm³/mol. The lowest BCUT2D eigenvalue weighted by atomic mass is 9.96. The van der Waals surface area contributed by atoms with Gasteiger partial charge in [-0.3, -0.25) is 4.79 Å². The van der Waals surface area contributed by atoms with Crippen LogP contribution >= 0.6 is 0 Å². The van der Waals surface area contributed by atoms with Crippen molar-refractivity contribution >= 4 is 17.1 Å². The van der Waals surface area contributed by atoms with Crippen molar-refractivity contribution in [1.82, 2.24) is 14.6 Å². The fourth-order valence-electron chi connectivity index (χ4n) is 2.83. The number of aryl methyl sites for hydroxylation is 1. The molecular weight excluding hydrogens is 252 g/mol. The van der Waals surface area contributed by atoms with E-state index in [1.54, 1.807) is 4.52 Å². The Bertz CT molecular complexity index is 837. The lowest BCUT2D eigenvalue weighted by Crippen LogP contribution is -2.16. The number of benzene rings is 1. The molecule has 0 saturated carbocycles. The molecule has 4 rings (SSSR count). The standard InChI is InChI=1S/C15H12N4O/c1-9-6-7-19-14(9)13(16-8-17-19)12-10-4-2-3-5-11(10)18-15(12)20/h2-8,12H,1H3,(H,18,20). The molecule has 0 saturated heterocycles. The van der Waals surface area contributed by atoms with Crippen LogP contribution in [-0.4, -0.2) is 20.5 Å². The van der Waals surface area contributed by atoms with Crippen LogP contribution in [0.4, 0.5) is 5.69 Å². The molecule has 1 aliphatic heterocycles. The van der Waals surface area contributed by atoms with E-state index in [4.69, 9.17) is 0 Å². The molecule has 20 heavy (non-hydrogen) atoms. The SMILES string of the molecule is Cc1ccn2ncnc(C3C(=O)Nc4ccccc43)c12. The number of carbonyl (C=O) groups excluding carboxylic acids is 1. The Labute approximate surface area is 115 Å². The minimum Gasteiger partial charge on any atom is -0.325 e. The molecule has 3 aromatic rings. The molecule has 2 aromatic heterocycles. The second-order valence-corrected chi connectivity index (χ2v) is 4.95. The molecular formula is C15H12N4O. The Kier molecular flexibility index (Phi) is 2.18. The number of para-hydroxylation sites is 1. The van der Waals surface area contributed by atoms with Crippen molar-refractivity contribution in [2.45, 2.75) is 12.8 Å². The van der Waals surface area contributed by atoms with Crippen molar-refractivity contribution in [3.63, 3.8) is 0 Å². The number of amides is 1. The summed E-state index contributed by atoms with van der Waals surface area (Å²) in [5, 5.41) is 7.10. The van der Waals surface area contributed by atoms with Crippen LogP contribution in [0.5, 0.6) is 0 Å². The van der Waals surface area contributed by atoms with Crippen molar-refractivity contribution in [3.05, 3.63) is 59.7 Å². The molecule has 0 radical (unpaired) electrons. The molecule has 3 heterocycles. The van der Waals surface area contributed by atoms with Gasteiger partial charge in [0, 0.05) is 11.9 Å². The van der Waals surface area contributed by atoms with Gasteiger partial charge in [-0.1, -0.05) is 18.2 Å². The summed E-state index contributed by atoms with van der Waals surface area (Å²) in [6.07, 6.45) is 3.38. The quantitative estimate of drug-likeness (QED) is 0.732. The average molecular weight is 264 g/mol. The zero-order valence-corrected chi connectivity index (χ0v) is 10.9. The van der Waals surface area contributed by atoms with Gasteiger partial charge in [-0.2, -0.15) is 5.10 Å². The van der Waals surface area contributed by atoms with Crippen molar-refractivity contribution < 1.29 is 4.79 Å². The number of aromatic nitrogens is 3. The fourth-order valence-corrected chi connectivity index (χ4v) is 2.83. The summed E-state index contributed by atoms with van der Waals surface area (Å²) in [6.45, 7) is 2.00. The Morgan fingerprint density at radius 2 is 2.10 bits per heavy atom. The van der Waals surface area contributed by atoms with Crippen LogP contribution in [-0.2, 0) is 4.79 Å². The maximum absolute atomic E-state index is 12.3. The van der Waals surface area contributed by atoms with Gasteiger partial charge < -0.3 is 5.32 Å². The van der Waals surface area contributed by atoms with Gasteiger partial charge in [0.1, 0.15) is 12.2 Å². The average Bonchev–Trinajstić information content (AvgIpc) is 2.99. The first-order chi connectivity index (χ1) is 9.75. The van der Waals surface area contributed by atoms with E-state index in [1.165, 1.54) is 6.33 Å². The van der Waals surface area contributed by atoms with Crippen LogP contribution in [0.15, 0.2) is 42.9 Å². The predicted octanol–water partition coefficient (Wildman–Crippen LogP) is 2.12. The van der Waals surface area contributed by atoms with Gasteiger partial charge in [-0.25, -0.2) is 9.50 Å². The van der Waals surface area contributed by atoms with Crippen molar-refractivity contribution in [2.24, 2.45) is 0 Å². The molecule has 1 aliphatic rings. The van der Waals surface area contributed by atoms with Crippen molar-refractivity contribution in [1.29, 1.82) is 0 Å². The molecule has 1 unspecified atom stereocenters. The molecule has 1 aromatic carbocycles. The van der Waals surface area contributed by atoms with E-state index in [1.807, 2.05) is 43.5 Å². The van der Waals surface area contributed by atoms with Gasteiger partial charge in [-0.05, 0) is 30.2 Å². The monoisotopic (exact) mass is 264 g/mol. The highest BCUT2D eigenvalue weighted by Crippen LogP contribution is 2.37. The lowest BCUT2D eigenvalue weighted by molar-refractivity contribution is -0.116. The summed E-state index contributed by atoms with van der Waals surface area (Å²) in [6, 6.07) is 9.72. The van der Waals surface area contributed by atoms with Crippen molar-refractivity contribution in [2.75, 3.05) is 5.32 Å². The molecule has 1 atom stereocenters. The molecule has 1 N–H and O–H groups in total. The second-order valence-electron chi connectivity index (χ2n) is 4.95. The third kappa shape index (κ3) is 1.40. The van der Waals surface area contributed by atoms with Crippen LogP contribution in [0.1, 0.15) is 22.7 Å². The van der Waals surface area contributed by atoms with Crippen LogP contribution < -0.4 is 5.32 Å². The molecule has 5 nitrogen and oxygen atoms in total. The van der Waals surface area contributed by atoms with E-state index in [-0.39, 0.29) is 11.8 Å². The zero-order chi connectivity index (χ0) is 13.7. The van der Waals surface area contributed by atoms with E-state index in [0.29, 0.717) is 0 Å². The minimum atomic E-state index is -0.370. The van der Waals surface area contributed by atoms with Crippen LogP contribution in [0.3, 0.4) is 0 Å².